The fourth-order valence-electron chi connectivity index (χ4n) is 5.69. The summed E-state index contributed by atoms with van der Waals surface area (Å²) in [5, 5.41) is 0. The zero-order valence-corrected chi connectivity index (χ0v) is 30.6. The number of hydrogen-bond donors (Lipinski definition) is 0. The molecule has 0 saturated heterocycles. The van der Waals surface area contributed by atoms with Crippen LogP contribution >= 0.6 is 0 Å². The van der Waals surface area contributed by atoms with Crippen molar-refractivity contribution in [2.45, 2.75) is 40.5 Å². The first-order valence-electron chi connectivity index (χ1n) is 18.0. The third-order valence-corrected chi connectivity index (χ3v) is 8.36. The Morgan fingerprint density at radius 1 is 0.596 bits per heavy atom. The highest BCUT2D eigenvalue weighted by molar-refractivity contribution is 5.82. The molecule has 4 aromatic carbocycles. The molecule has 6 aromatic rings. The predicted molar refractivity (Wildman–Crippen MR) is 221 cm³/mol. The van der Waals surface area contributed by atoms with Gasteiger partial charge in [-0.1, -0.05) is 179 Å². The lowest BCUT2D eigenvalue weighted by Gasteiger charge is -2.13. The molecule has 0 N–H and O–H groups in total. The van der Waals surface area contributed by atoms with Crippen LogP contribution in [0, 0.1) is 0 Å². The highest BCUT2D eigenvalue weighted by Crippen LogP contribution is 2.33. The Morgan fingerprint density at radius 3 is 1.94 bits per heavy atom. The van der Waals surface area contributed by atoms with E-state index in [9.17, 15) is 0 Å². The largest absolute Gasteiger partial charge is 0.256 e. The topological polar surface area (TPSA) is 51.6 Å². The molecule has 0 fully saturated rings. The third-order valence-electron chi connectivity index (χ3n) is 8.36. The first kappa shape index (κ1) is 37.0. The molecule has 0 aliphatic carbocycles. The Bertz CT molecular complexity index is 2160. The molecule has 0 unspecified atom stereocenters. The summed E-state index contributed by atoms with van der Waals surface area (Å²) in [7, 11) is 0. The Kier molecular flexibility index (Phi) is 13.7. The van der Waals surface area contributed by atoms with E-state index < -0.39 is 0 Å². The van der Waals surface area contributed by atoms with Gasteiger partial charge in [0.2, 0.25) is 0 Å². The Hall–Kier alpha value is -6.26. The van der Waals surface area contributed by atoms with Gasteiger partial charge < -0.3 is 0 Å². The van der Waals surface area contributed by atoms with Crippen LogP contribution in [0.5, 0.6) is 0 Å². The summed E-state index contributed by atoms with van der Waals surface area (Å²) >= 11 is 0. The summed E-state index contributed by atoms with van der Waals surface area (Å²) in [4.78, 5) is 19.8. The maximum Gasteiger partial charge on any atom is 0.164 e. The molecule has 4 heteroatoms. The zero-order chi connectivity index (χ0) is 36.5. The fourth-order valence-corrected chi connectivity index (χ4v) is 5.69. The predicted octanol–water partition coefficient (Wildman–Crippen LogP) is 12.7. The first-order valence-corrected chi connectivity index (χ1v) is 18.0. The van der Waals surface area contributed by atoms with Gasteiger partial charge in [-0.25, -0.2) is 15.0 Å². The van der Waals surface area contributed by atoms with Gasteiger partial charge in [0, 0.05) is 29.3 Å². The van der Waals surface area contributed by atoms with Crippen LogP contribution in [0.3, 0.4) is 0 Å². The van der Waals surface area contributed by atoms with E-state index in [2.05, 4.69) is 116 Å². The summed E-state index contributed by atoms with van der Waals surface area (Å²) in [5.41, 5.74) is 10.7. The van der Waals surface area contributed by atoms with Crippen molar-refractivity contribution < 1.29 is 0 Å². The van der Waals surface area contributed by atoms with E-state index in [1.807, 2.05) is 86.8 Å². The molecule has 0 aliphatic heterocycles. The monoisotopic (exact) mass is 678 g/mol. The summed E-state index contributed by atoms with van der Waals surface area (Å²) in [6.45, 7) is 12.0. The van der Waals surface area contributed by atoms with Crippen LogP contribution in [0.2, 0.25) is 0 Å². The van der Waals surface area contributed by atoms with Gasteiger partial charge in [0.05, 0.1) is 5.69 Å². The van der Waals surface area contributed by atoms with Crippen LogP contribution in [-0.4, -0.2) is 19.9 Å². The van der Waals surface area contributed by atoms with Gasteiger partial charge in [-0.3, -0.25) is 4.98 Å². The second-order valence-corrected chi connectivity index (χ2v) is 11.9. The van der Waals surface area contributed by atoms with Crippen molar-refractivity contribution in [2.24, 2.45) is 0 Å². The summed E-state index contributed by atoms with van der Waals surface area (Å²) in [5.74, 6) is 2.00. The second kappa shape index (κ2) is 19.2. The number of benzene rings is 4. The van der Waals surface area contributed by atoms with Gasteiger partial charge >= 0.3 is 0 Å². The molecular weight excluding hydrogens is 633 g/mol. The second-order valence-electron chi connectivity index (χ2n) is 11.9. The van der Waals surface area contributed by atoms with E-state index in [0.29, 0.717) is 23.9 Å². The van der Waals surface area contributed by atoms with Crippen molar-refractivity contribution in [3.63, 3.8) is 0 Å². The third kappa shape index (κ3) is 9.70. The van der Waals surface area contributed by atoms with Crippen LogP contribution in [0.4, 0.5) is 0 Å². The van der Waals surface area contributed by atoms with Crippen LogP contribution in [0.15, 0.2) is 177 Å². The van der Waals surface area contributed by atoms with Crippen molar-refractivity contribution in [3.05, 3.63) is 194 Å². The Balaban J connectivity index is 0.00000257. The smallest absolute Gasteiger partial charge is 0.164 e. The van der Waals surface area contributed by atoms with E-state index in [0.717, 1.165) is 51.1 Å². The minimum atomic E-state index is 0.537. The standard InChI is InChI=1S/C46H40N4.C2H6/c1-4-6-9-17-34(3)35-24-28-37(29-25-35)41-21-13-14-22-42(41)46-49-44(48-45(50-46)39-18-11-8-12-19-39)33-40(20-10-7-5-2)36-26-30-38(31-27-36)43-23-15-16-32-47-43;1-2/h4,6-32H,1,5,33H2,2-3H3;1-2H3/b9-6-,10-7-,34-17+,40-20+;. The van der Waals surface area contributed by atoms with E-state index in [1.165, 1.54) is 11.1 Å². The lowest BCUT2D eigenvalue weighted by atomic mass is 9.96. The molecule has 0 saturated carbocycles. The van der Waals surface area contributed by atoms with E-state index in [4.69, 9.17) is 15.0 Å². The lowest BCUT2D eigenvalue weighted by Crippen LogP contribution is -2.05. The molecule has 2 heterocycles. The van der Waals surface area contributed by atoms with Crippen molar-refractivity contribution in [1.82, 2.24) is 19.9 Å². The van der Waals surface area contributed by atoms with Crippen molar-refractivity contribution in [2.75, 3.05) is 0 Å². The number of rotatable bonds is 12. The normalized spacial score (nSPS) is 11.8. The van der Waals surface area contributed by atoms with Crippen LogP contribution < -0.4 is 0 Å². The number of nitrogens with zero attached hydrogens (tertiary/aromatic N) is 4. The van der Waals surface area contributed by atoms with Crippen molar-refractivity contribution in [1.29, 1.82) is 0 Å². The minimum absolute atomic E-state index is 0.537. The average molecular weight is 679 g/mol. The molecule has 0 amide bonds. The molecule has 2 aromatic heterocycles. The van der Waals surface area contributed by atoms with Crippen LogP contribution in [0.25, 0.3) is 56.3 Å². The number of pyridine rings is 1. The average Bonchev–Trinajstić information content (AvgIpc) is 3.22. The van der Waals surface area contributed by atoms with E-state index >= 15 is 0 Å². The number of allylic oxidation sites excluding steroid dienone is 9. The maximum absolute atomic E-state index is 5.14. The molecule has 52 heavy (non-hydrogen) atoms. The Labute approximate surface area is 309 Å². The molecule has 6 rings (SSSR count). The van der Waals surface area contributed by atoms with Crippen LogP contribution in [-0.2, 0) is 6.42 Å². The molecule has 0 radical (unpaired) electrons. The van der Waals surface area contributed by atoms with Gasteiger partial charge in [-0.05, 0) is 58.9 Å². The number of hydrogen-bond acceptors (Lipinski definition) is 4. The highest BCUT2D eigenvalue weighted by Gasteiger charge is 2.16. The summed E-state index contributed by atoms with van der Waals surface area (Å²) in [6.07, 6.45) is 17.6. The minimum Gasteiger partial charge on any atom is -0.256 e. The van der Waals surface area contributed by atoms with Gasteiger partial charge in [0.25, 0.3) is 0 Å². The Morgan fingerprint density at radius 2 is 1.25 bits per heavy atom. The fraction of sp³-hybridized carbons (Fsp3) is 0.125. The molecule has 4 nitrogen and oxygen atoms in total. The maximum atomic E-state index is 5.14. The SMILES string of the molecule is C=C/C=C\C=C(/C)c1ccc(-c2ccccc2-c2nc(C/C(=C\C=C/CC)c3ccc(-c4ccccn4)cc3)nc(-c3ccccc3)n2)cc1.CC. The molecular formula is C48H46N4. The molecule has 0 bridgehead atoms. The number of aromatic nitrogens is 4. The first-order chi connectivity index (χ1) is 25.6. The summed E-state index contributed by atoms with van der Waals surface area (Å²) in [6, 6.07) is 41.7. The molecule has 0 atom stereocenters. The van der Waals surface area contributed by atoms with Crippen molar-refractivity contribution in [3.8, 4) is 45.2 Å². The van der Waals surface area contributed by atoms with Gasteiger partial charge in [0.15, 0.2) is 11.6 Å². The quantitative estimate of drug-likeness (QED) is 0.121. The molecule has 258 valence electrons. The van der Waals surface area contributed by atoms with Crippen molar-refractivity contribution >= 4 is 11.1 Å². The summed E-state index contributed by atoms with van der Waals surface area (Å²) < 4.78 is 0. The van der Waals surface area contributed by atoms with E-state index in [1.54, 1.807) is 6.08 Å². The van der Waals surface area contributed by atoms with Gasteiger partial charge in [-0.2, -0.15) is 0 Å². The van der Waals surface area contributed by atoms with Gasteiger partial charge in [-0.15, -0.1) is 0 Å². The molecule has 0 aliphatic rings. The van der Waals surface area contributed by atoms with Gasteiger partial charge in [0.1, 0.15) is 5.82 Å². The zero-order valence-electron chi connectivity index (χ0n) is 30.6. The molecule has 0 spiro atoms. The van der Waals surface area contributed by atoms with Crippen LogP contribution in [0.1, 0.15) is 51.1 Å². The highest BCUT2D eigenvalue weighted by atomic mass is 15.0. The lowest BCUT2D eigenvalue weighted by molar-refractivity contribution is 0.954. The van der Waals surface area contributed by atoms with E-state index in [-0.39, 0.29) is 0 Å².